The second-order valence-electron chi connectivity index (χ2n) is 3.97. The SMILES string of the molecule is CCOC(=O)c1nc(C(=O)N(C)CC(C)C#N)cs1. The van der Waals surface area contributed by atoms with Gasteiger partial charge in [0.05, 0.1) is 18.6 Å². The van der Waals surface area contributed by atoms with Gasteiger partial charge in [0.2, 0.25) is 5.01 Å². The molecule has 0 saturated carbocycles. The molecule has 1 rings (SSSR count). The summed E-state index contributed by atoms with van der Waals surface area (Å²) >= 11 is 1.07. The predicted molar refractivity (Wildman–Crippen MR) is 69.8 cm³/mol. The topological polar surface area (TPSA) is 83.3 Å². The predicted octanol–water partition coefficient (Wildman–Crippen LogP) is 1.55. The highest BCUT2D eigenvalue weighted by molar-refractivity contribution is 7.11. The average molecular weight is 281 g/mol. The molecule has 0 saturated heterocycles. The summed E-state index contributed by atoms with van der Waals surface area (Å²) in [5.41, 5.74) is 0.195. The quantitative estimate of drug-likeness (QED) is 0.765. The van der Waals surface area contributed by atoms with E-state index >= 15 is 0 Å². The monoisotopic (exact) mass is 281 g/mol. The molecule has 0 aromatic carbocycles. The number of nitrogens with zero attached hydrogens (tertiary/aromatic N) is 3. The van der Waals surface area contributed by atoms with Crippen LogP contribution >= 0.6 is 11.3 Å². The number of ether oxygens (including phenoxy) is 1. The number of amides is 1. The fourth-order valence-electron chi connectivity index (χ4n) is 1.39. The van der Waals surface area contributed by atoms with Crippen molar-refractivity contribution < 1.29 is 14.3 Å². The van der Waals surface area contributed by atoms with Gasteiger partial charge in [-0.15, -0.1) is 11.3 Å². The maximum Gasteiger partial charge on any atom is 0.367 e. The Hall–Kier alpha value is -1.94. The van der Waals surface area contributed by atoms with E-state index < -0.39 is 5.97 Å². The largest absolute Gasteiger partial charge is 0.461 e. The third kappa shape index (κ3) is 4.03. The molecule has 1 atom stereocenters. The summed E-state index contributed by atoms with van der Waals surface area (Å²) in [6.07, 6.45) is 0. The third-order valence-corrected chi connectivity index (χ3v) is 3.11. The molecule has 0 aliphatic carbocycles. The van der Waals surface area contributed by atoms with Crippen LogP contribution in [-0.4, -0.2) is 42.0 Å². The highest BCUT2D eigenvalue weighted by Crippen LogP contribution is 2.13. The first kappa shape index (κ1) is 15.1. The molecule has 0 aliphatic heterocycles. The van der Waals surface area contributed by atoms with E-state index in [0.717, 1.165) is 11.3 Å². The van der Waals surface area contributed by atoms with Crippen LogP contribution in [0.3, 0.4) is 0 Å². The lowest BCUT2D eigenvalue weighted by atomic mass is 10.2. The van der Waals surface area contributed by atoms with E-state index in [1.807, 2.05) is 0 Å². The maximum absolute atomic E-state index is 12.0. The van der Waals surface area contributed by atoms with Crippen molar-refractivity contribution in [2.24, 2.45) is 5.92 Å². The number of thiazole rings is 1. The number of hydrogen-bond acceptors (Lipinski definition) is 6. The first-order valence-electron chi connectivity index (χ1n) is 5.77. The lowest BCUT2D eigenvalue weighted by Gasteiger charge is -2.16. The van der Waals surface area contributed by atoms with Crippen LogP contribution in [0.2, 0.25) is 0 Å². The van der Waals surface area contributed by atoms with Crippen LogP contribution in [0, 0.1) is 17.2 Å². The highest BCUT2D eigenvalue weighted by atomic mass is 32.1. The van der Waals surface area contributed by atoms with Crippen molar-refractivity contribution in [3.8, 4) is 6.07 Å². The number of aromatic nitrogens is 1. The second kappa shape index (κ2) is 6.85. The molecular formula is C12H15N3O3S. The zero-order valence-corrected chi connectivity index (χ0v) is 11.9. The molecule has 0 fully saturated rings. The van der Waals surface area contributed by atoms with Crippen molar-refractivity contribution >= 4 is 23.2 Å². The fourth-order valence-corrected chi connectivity index (χ4v) is 2.07. The smallest absolute Gasteiger partial charge is 0.367 e. The van der Waals surface area contributed by atoms with Crippen LogP contribution in [0.25, 0.3) is 0 Å². The Bertz CT molecular complexity index is 507. The van der Waals surface area contributed by atoms with Crippen LogP contribution in [-0.2, 0) is 4.74 Å². The molecule has 1 unspecified atom stereocenters. The van der Waals surface area contributed by atoms with E-state index in [2.05, 4.69) is 11.1 Å². The normalized spacial score (nSPS) is 11.5. The first-order valence-corrected chi connectivity index (χ1v) is 6.65. The van der Waals surface area contributed by atoms with Gasteiger partial charge in [-0.25, -0.2) is 9.78 Å². The van der Waals surface area contributed by atoms with Crippen LogP contribution in [0.4, 0.5) is 0 Å². The summed E-state index contributed by atoms with van der Waals surface area (Å²) in [7, 11) is 1.60. The Morgan fingerprint density at radius 3 is 2.89 bits per heavy atom. The van der Waals surface area contributed by atoms with Gasteiger partial charge >= 0.3 is 5.97 Å². The van der Waals surface area contributed by atoms with Crippen molar-refractivity contribution in [2.45, 2.75) is 13.8 Å². The van der Waals surface area contributed by atoms with Crippen molar-refractivity contribution in [1.82, 2.24) is 9.88 Å². The van der Waals surface area contributed by atoms with Crippen LogP contribution < -0.4 is 0 Å². The molecule has 0 spiro atoms. The fraction of sp³-hybridized carbons (Fsp3) is 0.500. The maximum atomic E-state index is 12.0. The van der Waals surface area contributed by atoms with Gasteiger partial charge in [0.25, 0.3) is 5.91 Å². The minimum absolute atomic E-state index is 0.159. The summed E-state index contributed by atoms with van der Waals surface area (Å²) in [5, 5.41) is 10.4. The summed E-state index contributed by atoms with van der Waals surface area (Å²) in [6.45, 7) is 4.02. The second-order valence-corrected chi connectivity index (χ2v) is 4.83. The summed E-state index contributed by atoms with van der Waals surface area (Å²) in [4.78, 5) is 28.8. The summed E-state index contributed by atoms with van der Waals surface area (Å²) < 4.78 is 4.80. The Balaban J connectivity index is 2.73. The number of carbonyl (C=O) groups excluding carboxylic acids is 2. The van der Waals surface area contributed by atoms with Gasteiger partial charge in [-0.2, -0.15) is 5.26 Å². The Morgan fingerprint density at radius 2 is 2.32 bits per heavy atom. The molecule has 6 nitrogen and oxygen atoms in total. The number of rotatable bonds is 5. The Labute approximate surface area is 115 Å². The zero-order valence-electron chi connectivity index (χ0n) is 11.0. The van der Waals surface area contributed by atoms with Crippen LogP contribution in [0.5, 0.6) is 0 Å². The van der Waals surface area contributed by atoms with E-state index in [4.69, 9.17) is 10.00 Å². The minimum atomic E-state index is -0.528. The van der Waals surface area contributed by atoms with Gasteiger partial charge in [0, 0.05) is 19.0 Å². The van der Waals surface area contributed by atoms with Gasteiger partial charge in [-0.1, -0.05) is 0 Å². The molecule has 0 bridgehead atoms. The first-order chi connectivity index (χ1) is 8.99. The number of hydrogen-bond donors (Lipinski definition) is 0. The number of esters is 1. The molecule has 1 heterocycles. The molecule has 0 aliphatic rings. The number of carbonyl (C=O) groups is 2. The van der Waals surface area contributed by atoms with Crippen molar-refractivity contribution in [3.63, 3.8) is 0 Å². The lowest BCUT2D eigenvalue weighted by molar-refractivity contribution is 0.0526. The van der Waals surface area contributed by atoms with Gasteiger partial charge in [-0.3, -0.25) is 4.79 Å². The standard InChI is InChI=1S/C12H15N3O3S/c1-4-18-12(17)10-14-9(7-19-10)11(16)15(3)6-8(2)5-13/h7-8H,4,6H2,1-3H3. The Morgan fingerprint density at radius 1 is 1.63 bits per heavy atom. The molecule has 1 aromatic rings. The van der Waals surface area contributed by atoms with E-state index in [-0.39, 0.29) is 29.1 Å². The molecule has 7 heteroatoms. The van der Waals surface area contributed by atoms with Crippen molar-refractivity contribution in [3.05, 3.63) is 16.1 Å². The van der Waals surface area contributed by atoms with E-state index in [0.29, 0.717) is 6.54 Å². The van der Waals surface area contributed by atoms with Gasteiger partial charge < -0.3 is 9.64 Å². The Kier molecular flexibility index (Phi) is 5.45. The van der Waals surface area contributed by atoms with E-state index in [1.54, 1.807) is 20.9 Å². The molecule has 1 amide bonds. The lowest BCUT2D eigenvalue weighted by Crippen LogP contribution is -2.31. The molecule has 0 N–H and O–H groups in total. The number of nitriles is 1. The minimum Gasteiger partial charge on any atom is -0.461 e. The van der Waals surface area contributed by atoms with E-state index in [9.17, 15) is 9.59 Å². The van der Waals surface area contributed by atoms with Crippen molar-refractivity contribution in [2.75, 3.05) is 20.2 Å². The molecule has 102 valence electrons. The summed E-state index contributed by atoms with van der Waals surface area (Å²) in [5.74, 6) is -1.09. The van der Waals surface area contributed by atoms with Gasteiger partial charge in [0.15, 0.2) is 0 Å². The third-order valence-electron chi connectivity index (χ3n) is 2.29. The zero-order chi connectivity index (χ0) is 14.4. The average Bonchev–Trinajstić information content (AvgIpc) is 2.87. The summed E-state index contributed by atoms with van der Waals surface area (Å²) in [6, 6.07) is 2.06. The van der Waals surface area contributed by atoms with E-state index in [1.165, 1.54) is 10.3 Å². The highest BCUT2D eigenvalue weighted by Gasteiger charge is 2.20. The molecule has 1 aromatic heterocycles. The van der Waals surface area contributed by atoms with Gasteiger partial charge in [-0.05, 0) is 13.8 Å². The van der Waals surface area contributed by atoms with Gasteiger partial charge in [0.1, 0.15) is 5.69 Å². The molecular weight excluding hydrogens is 266 g/mol. The van der Waals surface area contributed by atoms with Crippen LogP contribution in [0.1, 0.15) is 34.1 Å². The molecule has 0 radical (unpaired) electrons. The van der Waals surface area contributed by atoms with Crippen molar-refractivity contribution in [1.29, 1.82) is 5.26 Å². The van der Waals surface area contributed by atoms with Crippen LogP contribution in [0.15, 0.2) is 5.38 Å². The molecule has 19 heavy (non-hydrogen) atoms.